The maximum absolute atomic E-state index is 5.69. The average molecular weight is 287 g/mol. The summed E-state index contributed by atoms with van der Waals surface area (Å²) in [5.41, 5.74) is 2.14. The molecular formula is C17H25N3O. The first kappa shape index (κ1) is 15.6. The van der Waals surface area contributed by atoms with E-state index >= 15 is 0 Å². The lowest BCUT2D eigenvalue weighted by molar-refractivity contribution is 0.318. The second-order valence-electron chi connectivity index (χ2n) is 5.03. The first-order valence-corrected chi connectivity index (χ1v) is 7.73. The van der Waals surface area contributed by atoms with Crippen LogP contribution in [0, 0.1) is 0 Å². The monoisotopic (exact) mass is 287 g/mol. The highest BCUT2D eigenvalue weighted by Crippen LogP contribution is 2.22. The summed E-state index contributed by atoms with van der Waals surface area (Å²) in [6, 6.07) is 6.14. The second-order valence-corrected chi connectivity index (χ2v) is 5.03. The van der Waals surface area contributed by atoms with Gasteiger partial charge in [0.15, 0.2) is 0 Å². The van der Waals surface area contributed by atoms with E-state index in [4.69, 9.17) is 9.72 Å². The van der Waals surface area contributed by atoms with Gasteiger partial charge in [0.25, 0.3) is 0 Å². The van der Waals surface area contributed by atoms with E-state index in [1.807, 2.05) is 18.2 Å². The lowest BCUT2D eigenvalue weighted by atomic mass is 10.3. The molecule has 0 saturated heterocycles. The summed E-state index contributed by atoms with van der Waals surface area (Å²) < 4.78 is 7.91. The van der Waals surface area contributed by atoms with Crippen LogP contribution in [0.4, 0.5) is 0 Å². The molecule has 4 nitrogen and oxygen atoms in total. The Bertz CT molecular complexity index is 589. The van der Waals surface area contributed by atoms with E-state index in [-0.39, 0.29) is 0 Å². The number of hydrogen-bond donors (Lipinski definition) is 1. The number of nitrogens with one attached hydrogen (secondary N) is 1. The molecule has 21 heavy (non-hydrogen) atoms. The van der Waals surface area contributed by atoms with Crippen molar-refractivity contribution in [2.45, 2.75) is 33.2 Å². The maximum atomic E-state index is 5.69. The number of fused-ring (bicyclic) bond motifs is 1. The van der Waals surface area contributed by atoms with Crippen LogP contribution in [0.3, 0.4) is 0 Å². The quantitative estimate of drug-likeness (QED) is 0.569. The fourth-order valence-electron chi connectivity index (χ4n) is 2.37. The molecule has 0 aliphatic rings. The molecule has 0 amide bonds. The molecule has 2 rings (SSSR count). The van der Waals surface area contributed by atoms with Crippen molar-refractivity contribution in [3.63, 3.8) is 0 Å². The molecule has 0 aliphatic heterocycles. The van der Waals surface area contributed by atoms with Gasteiger partial charge in [0, 0.05) is 25.6 Å². The normalized spacial score (nSPS) is 11.0. The van der Waals surface area contributed by atoms with Gasteiger partial charge in [-0.2, -0.15) is 0 Å². The highest BCUT2D eigenvalue weighted by molar-refractivity contribution is 5.78. The van der Waals surface area contributed by atoms with E-state index in [2.05, 4.69) is 36.4 Å². The molecule has 4 heteroatoms. The van der Waals surface area contributed by atoms with Gasteiger partial charge in [-0.3, -0.25) is 0 Å². The summed E-state index contributed by atoms with van der Waals surface area (Å²) in [5.74, 6) is 1.99. The summed E-state index contributed by atoms with van der Waals surface area (Å²) in [4.78, 5) is 4.77. The molecule has 0 bridgehead atoms. The SMILES string of the molecule is C=CCn1c(CCNCC)nc2cc(OCCC)ccc21. The summed E-state index contributed by atoms with van der Waals surface area (Å²) >= 11 is 0. The molecule has 1 aromatic carbocycles. The van der Waals surface area contributed by atoms with Crippen molar-refractivity contribution in [1.29, 1.82) is 0 Å². The number of aromatic nitrogens is 2. The second kappa shape index (κ2) is 7.84. The molecule has 2 aromatic rings. The molecule has 0 radical (unpaired) electrons. The molecule has 1 heterocycles. The molecule has 0 fully saturated rings. The lowest BCUT2D eigenvalue weighted by Gasteiger charge is -2.07. The summed E-state index contributed by atoms with van der Waals surface area (Å²) in [7, 11) is 0. The number of rotatable bonds is 9. The minimum atomic E-state index is 0.742. The number of nitrogens with zero attached hydrogens (tertiary/aromatic N) is 2. The van der Waals surface area contributed by atoms with Gasteiger partial charge < -0.3 is 14.6 Å². The van der Waals surface area contributed by atoms with Gasteiger partial charge in [-0.1, -0.05) is 19.9 Å². The Morgan fingerprint density at radius 1 is 1.38 bits per heavy atom. The van der Waals surface area contributed by atoms with E-state index in [1.54, 1.807) is 0 Å². The van der Waals surface area contributed by atoms with Gasteiger partial charge in [0.2, 0.25) is 0 Å². The van der Waals surface area contributed by atoms with Crippen molar-refractivity contribution in [2.24, 2.45) is 0 Å². The summed E-state index contributed by atoms with van der Waals surface area (Å²) in [6.45, 7) is 11.5. The molecule has 1 aromatic heterocycles. The Kier molecular flexibility index (Phi) is 5.81. The summed E-state index contributed by atoms with van der Waals surface area (Å²) in [5, 5.41) is 3.35. The maximum Gasteiger partial charge on any atom is 0.121 e. The van der Waals surface area contributed by atoms with Crippen LogP contribution in [0.15, 0.2) is 30.9 Å². The largest absolute Gasteiger partial charge is 0.494 e. The first-order valence-electron chi connectivity index (χ1n) is 7.73. The topological polar surface area (TPSA) is 39.1 Å². The van der Waals surface area contributed by atoms with Crippen molar-refractivity contribution < 1.29 is 4.74 Å². The van der Waals surface area contributed by atoms with Crippen LogP contribution < -0.4 is 10.1 Å². The Hall–Kier alpha value is -1.81. The molecule has 0 unspecified atom stereocenters. The fourth-order valence-corrected chi connectivity index (χ4v) is 2.37. The highest BCUT2D eigenvalue weighted by atomic mass is 16.5. The van der Waals surface area contributed by atoms with E-state index in [0.717, 1.165) is 61.7 Å². The van der Waals surface area contributed by atoms with Crippen molar-refractivity contribution in [2.75, 3.05) is 19.7 Å². The minimum absolute atomic E-state index is 0.742. The number of ether oxygens (including phenoxy) is 1. The van der Waals surface area contributed by atoms with Gasteiger partial charge in [0.05, 0.1) is 17.6 Å². The van der Waals surface area contributed by atoms with Crippen molar-refractivity contribution in [3.05, 3.63) is 36.7 Å². The zero-order valence-corrected chi connectivity index (χ0v) is 13.1. The predicted molar refractivity (Wildman–Crippen MR) is 88.0 cm³/mol. The number of likely N-dealkylation sites (N-methyl/N-ethyl adjacent to an activating group) is 1. The number of benzene rings is 1. The molecule has 114 valence electrons. The van der Waals surface area contributed by atoms with Gasteiger partial charge in [-0.15, -0.1) is 6.58 Å². The smallest absolute Gasteiger partial charge is 0.121 e. The van der Waals surface area contributed by atoms with Crippen molar-refractivity contribution in [1.82, 2.24) is 14.9 Å². The predicted octanol–water partition coefficient (Wildman–Crippen LogP) is 3.16. The minimum Gasteiger partial charge on any atom is -0.494 e. The average Bonchev–Trinajstić information content (AvgIpc) is 2.83. The molecule has 0 atom stereocenters. The lowest BCUT2D eigenvalue weighted by Crippen LogP contribution is -2.18. The van der Waals surface area contributed by atoms with E-state index in [1.165, 1.54) is 0 Å². The van der Waals surface area contributed by atoms with Crippen LogP contribution in [-0.2, 0) is 13.0 Å². The van der Waals surface area contributed by atoms with Crippen molar-refractivity contribution >= 4 is 11.0 Å². The van der Waals surface area contributed by atoms with E-state index in [0.29, 0.717) is 0 Å². The zero-order valence-electron chi connectivity index (χ0n) is 13.1. The summed E-state index contributed by atoms with van der Waals surface area (Å²) in [6.07, 6.45) is 3.84. The van der Waals surface area contributed by atoms with Crippen LogP contribution in [0.5, 0.6) is 5.75 Å². The van der Waals surface area contributed by atoms with Gasteiger partial charge in [-0.25, -0.2) is 4.98 Å². The van der Waals surface area contributed by atoms with Crippen LogP contribution in [0.1, 0.15) is 26.1 Å². The molecule has 1 N–H and O–H groups in total. The van der Waals surface area contributed by atoms with Gasteiger partial charge in [0.1, 0.15) is 11.6 Å². The number of allylic oxidation sites excluding steroid dienone is 1. The van der Waals surface area contributed by atoms with Crippen LogP contribution in [0.2, 0.25) is 0 Å². The molecule has 0 spiro atoms. The molecule has 0 aliphatic carbocycles. The van der Waals surface area contributed by atoms with Gasteiger partial charge >= 0.3 is 0 Å². The standard InChI is InChI=1S/C17H25N3O/c1-4-11-20-16-8-7-14(21-12-5-2)13-15(16)19-17(20)9-10-18-6-3/h4,7-8,13,18H,1,5-6,9-12H2,2-3H3. The van der Waals surface area contributed by atoms with Crippen LogP contribution in [0.25, 0.3) is 11.0 Å². The highest BCUT2D eigenvalue weighted by Gasteiger charge is 2.10. The number of imidazole rings is 1. The van der Waals surface area contributed by atoms with Crippen LogP contribution >= 0.6 is 0 Å². The van der Waals surface area contributed by atoms with Crippen LogP contribution in [-0.4, -0.2) is 29.2 Å². The third-order valence-electron chi connectivity index (χ3n) is 3.36. The van der Waals surface area contributed by atoms with E-state index < -0.39 is 0 Å². The fraction of sp³-hybridized carbons (Fsp3) is 0.471. The Labute approximate surface area is 126 Å². The van der Waals surface area contributed by atoms with E-state index in [9.17, 15) is 0 Å². The molecule has 0 saturated carbocycles. The Morgan fingerprint density at radius 3 is 2.95 bits per heavy atom. The number of hydrogen-bond acceptors (Lipinski definition) is 3. The Morgan fingerprint density at radius 2 is 2.24 bits per heavy atom. The Balaban J connectivity index is 2.28. The van der Waals surface area contributed by atoms with Gasteiger partial charge in [-0.05, 0) is 25.1 Å². The third kappa shape index (κ3) is 3.85. The van der Waals surface area contributed by atoms with Crippen molar-refractivity contribution in [3.8, 4) is 5.75 Å². The first-order chi connectivity index (χ1) is 10.3. The zero-order chi connectivity index (χ0) is 15.1. The third-order valence-corrected chi connectivity index (χ3v) is 3.36. The molecular weight excluding hydrogens is 262 g/mol.